The van der Waals surface area contributed by atoms with E-state index in [9.17, 15) is 4.79 Å². The lowest BCUT2D eigenvalue weighted by Crippen LogP contribution is -2.20. The predicted octanol–water partition coefficient (Wildman–Crippen LogP) is 3.45. The number of carbonyl (C=O) groups is 1. The fourth-order valence-corrected chi connectivity index (χ4v) is 2.10. The Labute approximate surface area is 116 Å². The Morgan fingerprint density at radius 2 is 1.79 bits per heavy atom. The van der Waals surface area contributed by atoms with Crippen LogP contribution in [-0.4, -0.2) is 30.9 Å². The monoisotopic (exact) mass is 263 g/mol. The van der Waals surface area contributed by atoms with Gasteiger partial charge in [0.1, 0.15) is 11.5 Å². The van der Waals surface area contributed by atoms with Crippen molar-refractivity contribution in [3.05, 3.63) is 29.8 Å². The van der Waals surface area contributed by atoms with Crippen LogP contribution in [-0.2, 0) is 4.79 Å². The fourth-order valence-electron chi connectivity index (χ4n) is 2.10. The van der Waals surface area contributed by atoms with Crippen molar-refractivity contribution >= 4 is 5.78 Å². The van der Waals surface area contributed by atoms with Crippen LogP contribution in [0.15, 0.2) is 24.3 Å². The average molecular weight is 263 g/mol. The summed E-state index contributed by atoms with van der Waals surface area (Å²) in [4.78, 5) is 13.3. The molecule has 0 saturated carbocycles. The van der Waals surface area contributed by atoms with Gasteiger partial charge in [-0.05, 0) is 59.0 Å². The summed E-state index contributed by atoms with van der Waals surface area (Å²) in [5, 5.41) is 0. The average Bonchev–Trinajstić information content (AvgIpc) is 2.29. The third-order valence-corrected chi connectivity index (χ3v) is 3.03. The second-order valence-corrected chi connectivity index (χ2v) is 5.46. The summed E-state index contributed by atoms with van der Waals surface area (Å²) < 4.78 is 5.64. The maximum atomic E-state index is 11.1. The molecule has 0 spiro atoms. The minimum absolute atomic E-state index is 0.188. The number of rotatable bonds is 7. The topological polar surface area (TPSA) is 29.5 Å². The van der Waals surface area contributed by atoms with E-state index < -0.39 is 0 Å². The summed E-state index contributed by atoms with van der Waals surface area (Å²) in [5.74, 6) is 1.13. The molecule has 106 valence electrons. The molecule has 1 atom stereocenters. The second kappa shape index (κ2) is 7.29. The van der Waals surface area contributed by atoms with Gasteiger partial charge in [-0.25, -0.2) is 0 Å². The summed E-state index contributed by atoms with van der Waals surface area (Å²) in [6, 6.07) is 8.45. The van der Waals surface area contributed by atoms with Gasteiger partial charge in [0.25, 0.3) is 0 Å². The summed E-state index contributed by atoms with van der Waals surface area (Å²) in [7, 11) is 4.09. The van der Waals surface area contributed by atoms with Crippen LogP contribution in [0.2, 0.25) is 0 Å². The lowest BCUT2D eigenvalue weighted by molar-refractivity contribution is -0.117. The van der Waals surface area contributed by atoms with Crippen LogP contribution in [0.25, 0.3) is 0 Å². The quantitative estimate of drug-likeness (QED) is 0.754. The van der Waals surface area contributed by atoms with Gasteiger partial charge >= 0.3 is 0 Å². The molecular weight excluding hydrogens is 238 g/mol. The van der Waals surface area contributed by atoms with Crippen LogP contribution in [0, 0.1) is 0 Å². The van der Waals surface area contributed by atoms with Crippen molar-refractivity contribution < 1.29 is 9.53 Å². The zero-order chi connectivity index (χ0) is 14.4. The Morgan fingerprint density at radius 3 is 2.21 bits per heavy atom. The second-order valence-electron chi connectivity index (χ2n) is 5.46. The van der Waals surface area contributed by atoms with Gasteiger partial charge in [-0.1, -0.05) is 12.1 Å². The maximum Gasteiger partial charge on any atom is 0.129 e. The summed E-state index contributed by atoms with van der Waals surface area (Å²) in [6.45, 7) is 5.68. The molecule has 1 unspecified atom stereocenters. The molecule has 0 aliphatic rings. The molecule has 0 radical (unpaired) electrons. The molecule has 0 aliphatic carbocycles. The first kappa shape index (κ1) is 15.7. The Bertz CT molecular complexity index is 396. The molecule has 1 aromatic carbocycles. The van der Waals surface area contributed by atoms with Gasteiger partial charge in [-0.2, -0.15) is 0 Å². The standard InChI is InChI=1S/C16H25NO2/c1-12(2)19-15-9-7-14(8-10-15)16(17(4)5)11-6-13(3)18/h7-10,12,16H,6,11H2,1-5H3. The molecule has 3 heteroatoms. The third-order valence-electron chi connectivity index (χ3n) is 3.03. The van der Waals surface area contributed by atoms with E-state index in [2.05, 4.69) is 17.0 Å². The van der Waals surface area contributed by atoms with Crippen LogP contribution in [0.1, 0.15) is 45.2 Å². The Balaban J connectivity index is 2.76. The normalized spacial score (nSPS) is 12.8. The minimum Gasteiger partial charge on any atom is -0.491 e. The van der Waals surface area contributed by atoms with E-state index in [0.29, 0.717) is 6.42 Å². The smallest absolute Gasteiger partial charge is 0.129 e. The lowest BCUT2D eigenvalue weighted by Gasteiger charge is -2.24. The molecule has 0 amide bonds. The van der Waals surface area contributed by atoms with Gasteiger partial charge in [-0.3, -0.25) is 0 Å². The van der Waals surface area contributed by atoms with Crippen LogP contribution in [0.3, 0.4) is 0 Å². The first-order valence-electron chi connectivity index (χ1n) is 6.82. The number of nitrogens with zero attached hydrogens (tertiary/aromatic N) is 1. The highest BCUT2D eigenvalue weighted by atomic mass is 16.5. The van der Waals surface area contributed by atoms with Gasteiger partial charge < -0.3 is 14.4 Å². The SMILES string of the molecule is CC(=O)CCC(c1ccc(OC(C)C)cc1)N(C)C. The van der Waals surface area contributed by atoms with Crippen molar-refractivity contribution in [1.82, 2.24) is 4.90 Å². The molecule has 1 rings (SSSR count). The first-order chi connectivity index (χ1) is 8.90. The van der Waals surface area contributed by atoms with Gasteiger partial charge in [0.2, 0.25) is 0 Å². The highest BCUT2D eigenvalue weighted by Crippen LogP contribution is 2.25. The van der Waals surface area contributed by atoms with Crippen LogP contribution in [0.4, 0.5) is 0 Å². The van der Waals surface area contributed by atoms with E-state index in [-0.39, 0.29) is 17.9 Å². The zero-order valence-corrected chi connectivity index (χ0v) is 12.6. The van der Waals surface area contributed by atoms with Crippen molar-refractivity contribution in [1.29, 1.82) is 0 Å². The summed E-state index contributed by atoms with van der Waals surface area (Å²) in [5.41, 5.74) is 1.22. The van der Waals surface area contributed by atoms with E-state index in [4.69, 9.17) is 4.74 Å². The molecule has 0 saturated heterocycles. The van der Waals surface area contributed by atoms with Gasteiger partial charge in [0, 0.05) is 12.5 Å². The van der Waals surface area contributed by atoms with Crippen molar-refractivity contribution in [2.45, 2.75) is 45.8 Å². The van der Waals surface area contributed by atoms with Gasteiger partial charge in [-0.15, -0.1) is 0 Å². The number of carbonyl (C=O) groups excluding carboxylic acids is 1. The number of benzene rings is 1. The lowest BCUT2D eigenvalue weighted by atomic mass is 10.00. The van der Waals surface area contributed by atoms with Gasteiger partial charge in [0.05, 0.1) is 6.10 Å². The van der Waals surface area contributed by atoms with Crippen molar-refractivity contribution in [3.63, 3.8) is 0 Å². The number of Topliss-reactive ketones (excluding diaryl/α,β-unsaturated/α-hetero) is 1. The molecule has 0 heterocycles. The number of ether oxygens (including phenoxy) is 1. The van der Waals surface area contributed by atoms with Crippen LogP contribution in [0.5, 0.6) is 5.75 Å². The highest BCUT2D eigenvalue weighted by molar-refractivity contribution is 5.75. The largest absolute Gasteiger partial charge is 0.491 e. The number of ketones is 1. The number of hydrogen-bond acceptors (Lipinski definition) is 3. The van der Waals surface area contributed by atoms with E-state index in [1.54, 1.807) is 6.92 Å². The molecule has 0 fully saturated rings. The molecule has 0 aromatic heterocycles. The summed E-state index contributed by atoms with van der Waals surface area (Å²) in [6.07, 6.45) is 1.66. The van der Waals surface area contributed by atoms with Crippen LogP contribution < -0.4 is 4.74 Å². The highest BCUT2D eigenvalue weighted by Gasteiger charge is 2.14. The fraction of sp³-hybridized carbons (Fsp3) is 0.562. The maximum absolute atomic E-state index is 11.1. The third kappa shape index (κ3) is 5.43. The predicted molar refractivity (Wildman–Crippen MR) is 78.5 cm³/mol. The molecule has 0 N–H and O–H groups in total. The summed E-state index contributed by atoms with van der Waals surface area (Å²) >= 11 is 0. The van der Waals surface area contributed by atoms with Crippen molar-refractivity contribution in [2.75, 3.05) is 14.1 Å². The van der Waals surface area contributed by atoms with E-state index in [0.717, 1.165) is 12.2 Å². The Kier molecular flexibility index (Phi) is 6.03. The van der Waals surface area contributed by atoms with Gasteiger partial charge in [0.15, 0.2) is 0 Å². The van der Waals surface area contributed by atoms with Crippen LogP contribution >= 0.6 is 0 Å². The van der Waals surface area contributed by atoms with E-state index in [1.807, 2.05) is 40.1 Å². The Morgan fingerprint density at radius 1 is 1.21 bits per heavy atom. The molecule has 0 bridgehead atoms. The number of hydrogen-bond donors (Lipinski definition) is 0. The van der Waals surface area contributed by atoms with Crippen molar-refractivity contribution in [3.8, 4) is 5.75 Å². The molecule has 0 aliphatic heterocycles. The molecule has 1 aromatic rings. The molecule has 3 nitrogen and oxygen atoms in total. The van der Waals surface area contributed by atoms with Crippen molar-refractivity contribution in [2.24, 2.45) is 0 Å². The van der Waals surface area contributed by atoms with E-state index >= 15 is 0 Å². The Hall–Kier alpha value is -1.35. The zero-order valence-electron chi connectivity index (χ0n) is 12.6. The molecule has 19 heavy (non-hydrogen) atoms. The minimum atomic E-state index is 0.188. The molecular formula is C16H25NO2. The first-order valence-corrected chi connectivity index (χ1v) is 6.82. The van der Waals surface area contributed by atoms with E-state index in [1.165, 1.54) is 5.56 Å².